The van der Waals surface area contributed by atoms with Gasteiger partial charge in [0.1, 0.15) is 23.6 Å². The number of nitrogens with one attached hydrogen (secondary N) is 2. The molecule has 30 heavy (non-hydrogen) atoms. The monoisotopic (exact) mass is 413 g/mol. The van der Waals surface area contributed by atoms with Crippen LogP contribution in [0.5, 0.6) is 5.75 Å². The van der Waals surface area contributed by atoms with Crippen LogP contribution in [0.3, 0.4) is 0 Å². The molecule has 0 aliphatic carbocycles. The highest BCUT2D eigenvalue weighted by molar-refractivity contribution is 5.92. The molecule has 0 bridgehead atoms. The van der Waals surface area contributed by atoms with Crippen molar-refractivity contribution in [3.8, 4) is 5.75 Å². The van der Waals surface area contributed by atoms with E-state index in [0.29, 0.717) is 38.4 Å². The highest BCUT2D eigenvalue weighted by Gasteiger charge is 2.19. The van der Waals surface area contributed by atoms with Crippen molar-refractivity contribution in [2.24, 2.45) is 4.99 Å². The number of ether oxygens (including phenoxy) is 2. The molecule has 0 saturated carbocycles. The van der Waals surface area contributed by atoms with Gasteiger partial charge < -0.3 is 25.2 Å². The van der Waals surface area contributed by atoms with Gasteiger partial charge in [-0.25, -0.2) is 9.97 Å². The van der Waals surface area contributed by atoms with Crippen molar-refractivity contribution in [2.45, 2.75) is 31.5 Å². The summed E-state index contributed by atoms with van der Waals surface area (Å²) in [5, 5.41) is 16.2. The Morgan fingerprint density at radius 3 is 2.90 bits per heavy atom. The van der Waals surface area contributed by atoms with Crippen molar-refractivity contribution in [3.63, 3.8) is 0 Å². The van der Waals surface area contributed by atoms with Gasteiger partial charge in [0.15, 0.2) is 0 Å². The fourth-order valence-corrected chi connectivity index (χ4v) is 3.05. The first-order valence-electron chi connectivity index (χ1n) is 9.80. The molecule has 1 aliphatic heterocycles. The van der Waals surface area contributed by atoms with Gasteiger partial charge in [0.25, 0.3) is 5.91 Å². The Morgan fingerprint density at radius 2 is 2.20 bits per heavy atom. The molecule has 0 radical (unpaired) electrons. The molecular weight excluding hydrogens is 386 g/mol. The molecule has 1 fully saturated rings. The van der Waals surface area contributed by atoms with Gasteiger partial charge in [-0.3, -0.25) is 9.79 Å². The zero-order chi connectivity index (χ0) is 21.3. The number of amides is 1. The van der Waals surface area contributed by atoms with E-state index in [1.165, 1.54) is 6.33 Å². The van der Waals surface area contributed by atoms with Gasteiger partial charge in [0.05, 0.1) is 39.0 Å². The number of hydrogen-bond donors (Lipinski definition) is 3. The summed E-state index contributed by atoms with van der Waals surface area (Å²) in [5.41, 5.74) is 2.33. The number of carbonyl (C=O) groups excluding carboxylic acids is 1. The van der Waals surface area contributed by atoms with Crippen molar-refractivity contribution in [1.82, 2.24) is 15.3 Å². The van der Waals surface area contributed by atoms with Crippen LogP contribution in [0, 0.1) is 0 Å². The lowest BCUT2D eigenvalue weighted by Gasteiger charge is -2.27. The molecule has 160 valence electrons. The lowest BCUT2D eigenvalue weighted by Crippen LogP contribution is -2.40. The Hall–Kier alpha value is -3.04. The summed E-state index contributed by atoms with van der Waals surface area (Å²) in [6.45, 7) is 5.40. The minimum atomic E-state index is -0.688. The van der Waals surface area contributed by atoms with E-state index < -0.39 is 6.10 Å². The maximum Gasteiger partial charge on any atom is 0.270 e. The normalized spacial score (nSPS) is 14.5. The average Bonchev–Trinajstić information content (AvgIpc) is 2.74. The van der Waals surface area contributed by atoms with Crippen LogP contribution in [-0.4, -0.2) is 66.7 Å². The van der Waals surface area contributed by atoms with Crippen LogP contribution >= 0.6 is 0 Å². The van der Waals surface area contributed by atoms with E-state index in [2.05, 4.69) is 32.3 Å². The van der Waals surface area contributed by atoms with E-state index in [9.17, 15) is 9.90 Å². The summed E-state index contributed by atoms with van der Waals surface area (Å²) in [4.78, 5) is 24.4. The van der Waals surface area contributed by atoms with Gasteiger partial charge in [0, 0.05) is 12.6 Å². The smallest absolute Gasteiger partial charge is 0.270 e. The third kappa shape index (κ3) is 5.98. The summed E-state index contributed by atoms with van der Waals surface area (Å²) >= 11 is 0. The van der Waals surface area contributed by atoms with Gasteiger partial charge in [-0.1, -0.05) is 6.07 Å². The fraction of sp³-hybridized carbons (Fsp3) is 0.429. The summed E-state index contributed by atoms with van der Waals surface area (Å²) < 4.78 is 10.4. The molecule has 1 saturated heterocycles. The fourth-order valence-electron chi connectivity index (χ4n) is 3.05. The molecule has 3 rings (SSSR count). The van der Waals surface area contributed by atoms with Crippen molar-refractivity contribution in [2.75, 3.05) is 32.2 Å². The predicted molar refractivity (Wildman–Crippen MR) is 113 cm³/mol. The second-order valence-corrected chi connectivity index (χ2v) is 7.09. The Bertz CT molecular complexity index is 872. The van der Waals surface area contributed by atoms with Crippen molar-refractivity contribution in [1.29, 1.82) is 0 Å². The van der Waals surface area contributed by atoms with Crippen LogP contribution in [0.15, 0.2) is 35.6 Å². The highest BCUT2D eigenvalue weighted by atomic mass is 16.5. The van der Waals surface area contributed by atoms with Crippen LogP contribution in [0.4, 0.5) is 5.82 Å². The number of carbonyl (C=O) groups is 1. The number of methoxy groups -OCH3 is 1. The number of benzene rings is 1. The van der Waals surface area contributed by atoms with Gasteiger partial charge >= 0.3 is 0 Å². The average molecular weight is 413 g/mol. The number of rotatable bonds is 11. The molecule has 1 amide bonds. The zero-order valence-corrected chi connectivity index (χ0v) is 17.0. The largest absolute Gasteiger partial charge is 0.497 e. The molecule has 1 aromatic carbocycles. The Labute approximate surface area is 175 Å². The van der Waals surface area contributed by atoms with Gasteiger partial charge in [0.2, 0.25) is 0 Å². The van der Waals surface area contributed by atoms with Crippen molar-refractivity contribution < 1.29 is 19.4 Å². The van der Waals surface area contributed by atoms with Crippen LogP contribution in [0.2, 0.25) is 0 Å². The first-order chi connectivity index (χ1) is 14.6. The van der Waals surface area contributed by atoms with E-state index in [-0.39, 0.29) is 24.2 Å². The maximum atomic E-state index is 12.4. The quantitative estimate of drug-likeness (QED) is 0.474. The number of hydrogen-bond acceptors (Lipinski definition) is 8. The van der Waals surface area contributed by atoms with E-state index in [1.54, 1.807) is 13.2 Å². The predicted octanol–water partition coefficient (Wildman–Crippen LogP) is 1.22. The number of aliphatic hydroxyl groups excluding tert-OH is 1. The minimum Gasteiger partial charge on any atom is -0.497 e. The third-order valence-corrected chi connectivity index (χ3v) is 4.83. The Kier molecular flexibility index (Phi) is 7.69. The molecule has 2 aromatic rings. The van der Waals surface area contributed by atoms with E-state index >= 15 is 0 Å². The molecule has 0 unspecified atom stereocenters. The van der Waals surface area contributed by atoms with E-state index in [0.717, 1.165) is 16.9 Å². The summed E-state index contributed by atoms with van der Waals surface area (Å²) in [5.74, 6) is 0.978. The second kappa shape index (κ2) is 10.7. The Balaban J connectivity index is 1.48. The maximum absolute atomic E-state index is 12.4. The van der Waals surface area contributed by atoms with Crippen molar-refractivity contribution in [3.05, 3.63) is 47.4 Å². The van der Waals surface area contributed by atoms with Crippen molar-refractivity contribution >= 4 is 18.4 Å². The number of aryl methyl sites for hydroxylation is 1. The van der Waals surface area contributed by atoms with E-state index in [1.807, 2.05) is 18.2 Å². The molecule has 0 spiro atoms. The van der Waals surface area contributed by atoms with Crippen LogP contribution in [0.1, 0.15) is 28.0 Å². The SMILES string of the molecule is C=NCc1cc(OC)ccc1CC[C@H](O)CNC(=O)c1cc(NC2COC2)ncn1. The molecule has 1 atom stereocenters. The first-order valence-corrected chi connectivity index (χ1v) is 9.80. The minimum absolute atomic E-state index is 0.132. The number of aliphatic hydroxyl groups is 1. The topological polar surface area (TPSA) is 118 Å². The van der Waals surface area contributed by atoms with Gasteiger partial charge in [-0.2, -0.15) is 0 Å². The summed E-state index contributed by atoms with van der Waals surface area (Å²) in [6, 6.07) is 7.57. The van der Waals surface area contributed by atoms with E-state index in [4.69, 9.17) is 9.47 Å². The molecule has 3 N–H and O–H groups in total. The second-order valence-electron chi connectivity index (χ2n) is 7.09. The first kappa shape index (κ1) is 21.7. The third-order valence-electron chi connectivity index (χ3n) is 4.83. The molecule has 1 aromatic heterocycles. The molecule has 9 nitrogen and oxygen atoms in total. The van der Waals surface area contributed by atoms with Crippen LogP contribution < -0.4 is 15.4 Å². The highest BCUT2D eigenvalue weighted by Crippen LogP contribution is 2.20. The number of aromatic nitrogens is 2. The molecule has 2 heterocycles. The van der Waals surface area contributed by atoms with Gasteiger partial charge in [-0.05, 0) is 42.8 Å². The molecule has 1 aliphatic rings. The summed E-state index contributed by atoms with van der Waals surface area (Å²) in [6.07, 6.45) is 1.80. The van der Waals surface area contributed by atoms with Gasteiger partial charge in [-0.15, -0.1) is 0 Å². The molecular formula is C21H27N5O4. The number of nitrogens with zero attached hydrogens (tertiary/aromatic N) is 3. The molecule has 9 heteroatoms. The lowest BCUT2D eigenvalue weighted by molar-refractivity contribution is 0.0209. The zero-order valence-electron chi connectivity index (χ0n) is 17.0. The lowest BCUT2D eigenvalue weighted by atomic mass is 10.0. The van der Waals surface area contributed by atoms with Crippen LogP contribution in [-0.2, 0) is 17.7 Å². The standard InChI is InChI=1S/C21H27N5O4/c1-22-9-15-7-18(29-2)6-4-14(15)3-5-17(27)10-23-21(28)19-8-20(25-13-24-19)26-16-11-30-12-16/h4,6-8,13,16-17,27H,1,3,5,9-12H2,2H3,(H,23,28)(H,24,25,26)/t17-/m0/s1. The Morgan fingerprint density at radius 1 is 1.37 bits per heavy atom. The summed E-state index contributed by atoms with van der Waals surface area (Å²) in [7, 11) is 1.62. The number of aliphatic imine (C=N–C) groups is 1. The number of anilines is 1. The van der Waals surface area contributed by atoms with Crippen LogP contribution in [0.25, 0.3) is 0 Å².